The number of ether oxygens (including phenoxy) is 4. The lowest BCUT2D eigenvalue weighted by Crippen LogP contribution is -2.30. The fourth-order valence-electron chi connectivity index (χ4n) is 11.5. The summed E-state index contributed by atoms with van der Waals surface area (Å²) in [7, 11) is -9.99. The van der Waals surface area contributed by atoms with Crippen molar-refractivity contribution in [2.75, 3.05) is 39.6 Å². The van der Waals surface area contributed by atoms with Crippen LogP contribution in [0.3, 0.4) is 0 Å². The van der Waals surface area contributed by atoms with Gasteiger partial charge in [-0.05, 0) is 167 Å². The molecule has 0 rings (SSSR count). The molecule has 0 aromatic carbocycles. The molecule has 0 saturated carbocycles. The predicted octanol–water partition coefficient (Wildman–Crippen LogP) is 26.0. The van der Waals surface area contributed by atoms with Gasteiger partial charge >= 0.3 is 39.5 Å². The topological polar surface area (TPSA) is 237 Å². The molecular formula is C91H156O17P2. The maximum Gasteiger partial charge on any atom is 0.472 e. The second-order valence-electron chi connectivity index (χ2n) is 28.7. The molecule has 0 fully saturated rings. The van der Waals surface area contributed by atoms with Crippen molar-refractivity contribution < 1.29 is 80.2 Å². The molecule has 0 aliphatic heterocycles. The second-order valence-corrected chi connectivity index (χ2v) is 31.6. The van der Waals surface area contributed by atoms with E-state index in [4.69, 9.17) is 37.0 Å². The molecule has 0 amide bonds. The number of carbonyl (C=O) groups is 4. The molecular weight excluding hydrogens is 1430 g/mol. The standard InChI is InChI=1S/C91H156O17P2/c1-5-9-13-17-21-25-29-33-37-40-42-45-49-52-56-60-64-68-72-76-89(94)102-82-87(108-91(96)78-74-70-66-62-58-54-50-46-43-41-38-34-30-26-22-18-14-10-6-2)84-106-110(99,100)104-80-85(92)79-103-109(97,98)105-83-86(107-90(95)77-73-69-65-61-57-53-47-36-32-28-24-20-16-12-8-4)81-101-88(93)75-71-67-63-59-55-51-48-44-39-35-31-27-23-19-15-11-7-3/h11,15,21-28,33-39,42-43,45-47,85-87,92H,5-10,12-14,16-20,29-32,40-41,44,48-84H2,1-4H3,(H,97,98)(H,99,100)/b15-11-,25-21-,26-22-,27-23-,28-24-,37-33-,38-34-,39-35-,45-42-,46-43-,47-36-. The lowest BCUT2D eigenvalue weighted by molar-refractivity contribution is -0.161. The summed E-state index contributed by atoms with van der Waals surface area (Å²) in [6.45, 7) is 4.68. The zero-order valence-corrected chi connectivity index (χ0v) is 71.2. The molecule has 110 heavy (non-hydrogen) atoms. The van der Waals surface area contributed by atoms with Crippen LogP contribution in [0, 0.1) is 0 Å². The van der Waals surface area contributed by atoms with Crippen LogP contribution in [0.15, 0.2) is 134 Å². The SMILES string of the molecule is CC/C=C\C/C=C\C/C=C\CCCCCCCCCC(=O)OCC(COP(=O)(O)OCC(O)COP(=O)(O)OCC(COC(=O)CCCCCCCC/C=C\C/C=C\C/C=C\CCCCC)OC(=O)CCCCCCCC/C=C\C/C=C\C/C=C\CCCCC)OC(=O)CCCCCCC/C=C\C/C=C\CCCCC. The zero-order valence-electron chi connectivity index (χ0n) is 69.4. The largest absolute Gasteiger partial charge is 0.472 e. The normalized spacial score (nSPS) is 14.4. The van der Waals surface area contributed by atoms with Gasteiger partial charge in [0.15, 0.2) is 12.2 Å². The molecule has 5 atom stereocenters. The van der Waals surface area contributed by atoms with Crippen molar-refractivity contribution in [1.29, 1.82) is 0 Å². The first-order valence-electron chi connectivity index (χ1n) is 43.4. The van der Waals surface area contributed by atoms with E-state index >= 15 is 0 Å². The molecule has 0 radical (unpaired) electrons. The molecule has 0 aliphatic rings. The zero-order chi connectivity index (χ0) is 80.3. The van der Waals surface area contributed by atoms with E-state index in [1.54, 1.807) is 0 Å². The number of esters is 4. The van der Waals surface area contributed by atoms with Crippen LogP contribution in [0.5, 0.6) is 0 Å². The molecule has 632 valence electrons. The van der Waals surface area contributed by atoms with Crippen molar-refractivity contribution in [2.24, 2.45) is 0 Å². The molecule has 17 nitrogen and oxygen atoms in total. The van der Waals surface area contributed by atoms with E-state index in [-0.39, 0.29) is 25.7 Å². The smallest absolute Gasteiger partial charge is 0.462 e. The lowest BCUT2D eigenvalue weighted by atomic mass is 10.1. The fourth-order valence-corrected chi connectivity index (χ4v) is 13.0. The van der Waals surface area contributed by atoms with Crippen molar-refractivity contribution in [1.82, 2.24) is 0 Å². The van der Waals surface area contributed by atoms with Gasteiger partial charge in [-0.25, -0.2) is 9.13 Å². The lowest BCUT2D eigenvalue weighted by Gasteiger charge is -2.21. The first-order chi connectivity index (χ1) is 53.7. The molecule has 5 unspecified atom stereocenters. The molecule has 0 aliphatic carbocycles. The van der Waals surface area contributed by atoms with Crippen LogP contribution in [-0.4, -0.2) is 96.7 Å². The summed E-state index contributed by atoms with van der Waals surface area (Å²) in [5.74, 6) is -2.22. The highest BCUT2D eigenvalue weighted by Gasteiger charge is 2.30. The average molecular weight is 1580 g/mol. The Morgan fingerprint density at radius 2 is 0.473 bits per heavy atom. The molecule has 0 bridgehead atoms. The third-order valence-electron chi connectivity index (χ3n) is 18.1. The maximum absolute atomic E-state index is 13.2. The molecule has 3 N–H and O–H groups in total. The minimum atomic E-state index is -4.99. The van der Waals surface area contributed by atoms with Gasteiger partial charge in [0.25, 0.3) is 0 Å². The molecule has 19 heteroatoms. The Balaban J connectivity index is 5.42. The summed E-state index contributed by atoms with van der Waals surface area (Å²) < 4.78 is 68.9. The number of unbranched alkanes of at least 4 members (excludes halogenated alkanes) is 33. The Bertz CT molecular complexity index is 2600. The van der Waals surface area contributed by atoms with Crippen LogP contribution < -0.4 is 0 Å². The van der Waals surface area contributed by atoms with Gasteiger partial charge in [0, 0.05) is 25.7 Å². The van der Waals surface area contributed by atoms with Crippen molar-refractivity contribution in [3.63, 3.8) is 0 Å². The Morgan fingerprint density at radius 1 is 0.264 bits per heavy atom. The third kappa shape index (κ3) is 81.2. The quantitative estimate of drug-likeness (QED) is 0.0169. The number of hydrogen-bond acceptors (Lipinski definition) is 15. The number of aliphatic hydroxyl groups is 1. The highest BCUT2D eigenvalue weighted by Crippen LogP contribution is 2.45. The average Bonchev–Trinajstić information content (AvgIpc) is 0.911. The van der Waals surface area contributed by atoms with Crippen molar-refractivity contribution in [2.45, 2.75) is 380 Å². The minimum Gasteiger partial charge on any atom is -0.462 e. The van der Waals surface area contributed by atoms with Gasteiger partial charge in [-0.2, -0.15) is 0 Å². The molecule has 0 heterocycles. The van der Waals surface area contributed by atoms with Gasteiger partial charge in [-0.3, -0.25) is 37.3 Å². The number of allylic oxidation sites excluding steroid dienone is 22. The van der Waals surface area contributed by atoms with Gasteiger partial charge < -0.3 is 33.8 Å². The van der Waals surface area contributed by atoms with E-state index < -0.39 is 97.5 Å². The van der Waals surface area contributed by atoms with E-state index in [1.807, 2.05) is 0 Å². The minimum absolute atomic E-state index is 0.0742. The van der Waals surface area contributed by atoms with E-state index in [0.29, 0.717) is 25.7 Å². The van der Waals surface area contributed by atoms with Crippen molar-refractivity contribution in [3.8, 4) is 0 Å². The first kappa shape index (κ1) is 105. The molecule has 0 saturated heterocycles. The van der Waals surface area contributed by atoms with Gasteiger partial charge in [0.1, 0.15) is 19.3 Å². The Labute approximate surface area is 669 Å². The van der Waals surface area contributed by atoms with Crippen LogP contribution >= 0.6 is 15.6 Å². The van der Waals surface area contributed by atoms with E-state index in [9.17, 15) is 43.2 Å². The monoisotopic (exact) mass is 1580 g/mol. The van der Waals surface area contributed by atoms with Crippen molar-refractivity contribution in [3.05, 3.63) is 134 Å². The van der Waals surface area contributed by atoms with E-state index in [0.717, 1.165) is 225 Å². The molecule has 0 aromatic heterocycles. The number of phosphoric acid groups is 2. The van der Waals surface area contributed by atoms with Crippen LogP contribution in [0.25, 0.3) is 0 Å². The number of carbonyl (C=O) groups excluding carboxylic acids is 4. The third-order valence-corrected chi connectivity index (χ3v) is 20.0. The summed E-state index contributed by atoms with van der Waals surface area (Å²) in [5, 5.41) is 10.7. The Kier molecular flexibility index (Phi) is 78.6. The molecule has 0 aromatic rings. The summed E-state index contributed by atoms with van der Waals surface area (Å²) in [4.78, 5) is 73.3. The van der Waals surface area contributed by atoms with Crippen molar-refractivity contribution >= 4 is 39.5 Å². The number of aliphatic hydroxyl groups excluding tert-OH is 1. The van der Waals surface area contributed by atoms with Gasteiger partial charge in [-0.15, -0.1) is 0 Å². The highest BCUT2D eigenvalue weighted by atomic mass is 31.2. The summed E-state index contributed by atoms with van der Waals surface area (Å²) >= 11 is 0. The number of hydrogen-bond donors (Lipinski definition) is 3. The van der Waals surface area contributed by atoms with E-state index in [2.05, 4.69) is 161 Å². The number of rotatable bonds is 81. The van der Waals surface area contributed by atoms with Gasteiger partial charge in [0.05, 0.1) is 26.4 Å². The predicted molar refractivity (Wildman–Crippen MR) is 454 cm³/mol. The first-order valence-corrected chi connectivity index (χ1v) is 46.4. The maximum atomic E-state index is 13.2. The highest BCUT2D eigenvalue weighted by molar-refractivity contribution is 7.47. The van der Waals surface area contributed by atoms with Crippen LogP contribution in [0.1, 0.15) is 362 Å². The number of phosphoric ester groups is 2. The Hall–Kier alpha value is -4.80. The van der Waals surface area contributed by atoms with Gasteiger partial charge in [0.2, 0.25) is 0 Å². The second kappa shape index (κ2) is 82.2. The summed E-state index contributed by atoms with van der Waals surface area (Å²) in [6, 6.07) is 0. The van der Waals surface area contributed by atoms with Crippen LogP contribution in [-0.2, 0) is 65.4 Å². The van der Waals surface area contributed by atoms with E-state index in [1.165, 1.54) is 57.8 Å². The Morgan fingerprint density at radius 3 is 0.727 bits per heavy atom. The molecule has 0 spiro atoms. The summed E-state index contributed by atoms with van der Waals surface area (Å²) in [5.41, 5.74) is 0. The van der Waals surface area contributed by atoms with Crippen LogP contribution in [0.2, 0.25) is 0 Å². The van der Waals surface area contributed by atoms with Gasteiger partial charge in [-0.1, -0.05) is 303 Å². The van der Waals surface area contributed by atoms with Crippen LogP contribution in [0.4, 0.5) is 0 Å². The summed E-state index contributed by atoms with van der Waals surface area (Å²) in [6.07, 6.45) is 94.0. The fraction of sp³-hybridized carbons (Fsp3) is 0.714.